The highest BCUT2D eigenvalue weighted by Gasteiger charge is 2.31. The van der Waals surface area contributed by atoms with Crippen LogP contribution in [-0.2, 0) is 12.7 Å². The predicted molar refractivity (Wildman–Crippen MR) is 112 cm³/mol. The van der Waals surface area contributed by atoms with Crippen LogP contribution in [0, 0.1) is 5.82 Å². The number of benzene rings is 2. The maximum absolute atomic E-state index is 13.4. The van der Waals surface area contributed by atoms with Gasteiger partial charge in [-0.2, -0.15) is 13.2 Å². The smallest absolute Gasteiger partial charge is 0.416 e. The Hall–Kier alpha value is -3.20. The van der Waals surface area contributed by atoms with Crippen LogP contribution in [0.5, 0.6) is 11.6 Å². The molecular weight excluding hydrogens is 424 g/mol. The van der Waals surface area contributed by atoms with Gasteiger partial charge in [0.15, 0.2) is 0 Å². The van der Waals surface area contributed by atoms with Gasteiger partial charge in [0, 0.05) is 44.4 Å². The molecule has 0 spiro atoms. The molecule has 0 N–H and O–H groups in total. The van der Waals surface area contributed by atoms with Crippen LogP contribution in [0.25, 0.3) is 0 Å². The van der Waals surface area contributed by atoms with E-state index in [4.69, 9.17) is 4.74 Å². The van der Waals surface area contributed by atoms with Crippen molar-refractivity contribution in [3.63, 3.8) is 0 Å². The molecule has 1 fully saturated rings. The zero-order valence-corrected chi connectivity index (χ0v) is 17.4. The minimum Gasteiger partial charge on any atom is -0.439 e. The summed E-state index contributed by atoms with van der Waals surface area (Å²) in [5, 5.41) is 0. The molecule has 3 aromatic rings. The van der Waals surface area contributed by atoms with Gasteiger partial charge in [0.2, 0.25) is 5.88 Å². The third-order valence-corrected chi connectivity index (χ3v) is 5.38. The highest BCUT2D eigenvalue weighted by atomic mass is 19.4. The van der Waals surface area contributed by atoms with E-state index in [1.54, 1.807) is 24.3 Å². The molecule has 5 nitrogen and oxygen atoms in total. The molecule has 0 saturated carbocycles. The van der Waals surface area contributed by atoms with Gasteiger partial charge >= 0.3 is 6.18 Å². The molecule has 1 aliphatic heterocycles. The molecule has 0 bridgehead atoms. The van der Waals surface area contributed by atoms with E-state index >= 15 is 0 Å². The van der Waals surface area contributed by atoms with Gasteiger partial charge in [-0.3, -0.25) is 4.90 Å². The molecule has 1 aromatic heterocycles. The molecule has 1 aliphatic rings. The number of halogens is 4. The van der Waals surface area contributed by atoms with Crippen molar-refractivity contribution in [1.82, 2.24) is 14.9 Å². The summed E-state index contributed by atoms with van der Waals surface area (Å²) in [5.41, 5.74) is 0.000965. The summed E-state index contributed by atoms with van der Waals surface area (Å²) in [7, 11) is 0. The fourth-order valence-corrected chi connectivity index (χ4v) is 3.73. The average Bonchev–Trinajstić information content (AvgIpc) is 2.75. The van der Waals surface area contributed by atoms with Crippen molar-refractivity contribution in [1.29, 1.82) is 0 Å². The Morgan fingerprint density at radius 1 is 1.03 bits per heavy atom. The Balaban J connectivity index is 1.40. The molecule has 1 saturated heterocycles. The minimum absolute atomic E-state index is 0.0980. The van der Waals surface area contributed by atoms with Crippen molar-refractivity contribution < 1.29 is 22.3 Å². The lowest BCUT2D eigenvalue weighted by molar-refractivity contribution is -0.137. The van der Waals surface area contributed by atoms with Gasteiger partial charge in [-0.15, -0.1) is 0 Å². The molecule has 0 aliphatic carbocycles. The SMILES string of the molecule is C[C@H]1CN(c2cc(Oc3cccc(F)c3)ncn2)CCN1Cc1cccc(C(F)(F)F)c1. The van der Waals surface area contributed by atoms with E-state index in [2.05, 4.69) is 19.8 Å². The molecule has 0 radical (unpaired) electrons. The van der Waals surface area contributed by atoms with E-state index in [0.717, 1.165) is 6.07 Å². The first-order valence-corrected chi connectivity index (χ1v) is 10.2. The first kappa shape index (κ1) is 22.0. The summed E-state index contributed by atoms with van der Waals surface area (Å²) in [5.74, 6) is 0.924. The van der Waals surface area contributed by atoms with Crippen molar-refractivity contribution in [2.75, 3.05) is 24.5 Å². The first-order valence-electron chi connectivity index (χ1n) is 10.2. The summed E-state index contributed by atoms with van der Waals surface area (Å²) in [6.07, 6.45) is -2.96. The number of alkyl halides is 3. The number of hydrogen-bond acceptors (Lipinski definition) is 5. The first-order chi connectivity index (χ1) is 15.3. The van der Waals surface area contributed by atoms with Gasteiger partial charge in [0.25, 0.3) is 0 Å². The minimum atomic E-state index is -4.35. The fraction of sp³-hybridized carbons (Fsp3) is 0.304. The number of aromatic nitrogens is 2. The van der Waals surface area contributed by atoms with Crippen LogP contribution < -0.4 is 9.64 Å². The summed E-state index contributed by atoms with van der Waals surface area (Å²) in [6.45, 7) is 4.44. The van der Waals surface area contributed by atoms with Gasteiger partial charge in [-0.25, -0.2) is 14.4 Å². The second-order valence-electron chi connectivity index (χ2n) is 7.74. The van der Waals surface area contributed by atoms with E-state index < -0.39 is 17.6 Å². The number of anilines is 1. The van der Waals surface area contributed by atoms with E-state index in [1.807, 2.05) is 6.92 Å². The van der Waals surface area contributed by atoms with Gasteiger partial charge in [0.1, 0.15) is 23.7 Å². The van der Waals surface area contributed by atoms with Gasteiger partial charge in [-0.1, -0.05) is 24.3 Å². The van der Waals surface area contributed by atoms with Crippen LogP contribution in [0.1, 0.15) is 18.1 Å². The zero-order chi connectivity index (χ0) is 22.7. The van der Waals surface area contributed by atoms with Crippen molar-refractivity contribution in [2.45, 2.75) is 25.7 Å². The van der Waals surface area contributed by atoms with Crippen LogP contribution in [0.4, 0.5) is 23.4 Å². The summed E-state index contributed by atoms with van der Waals surface area (Å²) >= 11 is 0. The molecule has 1 atom stereocenters. The molecule has 2 aromatic carbocycles. The third kappa shape index (κ3) is 5.34. The van der Waals surface area contributed by atoms with Crippen molar-refractivity contribution >= 4 is 5.82 Å². The Kier molecular flexibility index (Phi) is 6.27. The Morgan fingerprint density at radius 2 is 1.84 bits per heavy atom. The van der Waals surface area contributed by atoms with Gasteiger partial charge in [0.05, 0.1) is 5.56 Å². The predicted octanol–water partition coefficient (Wildman–Crippen LogP) is 5.14. The standard InChI is InChI=1S/C23H22F4N4O/c1-16-13-31(9-8-30(16)14-17-4-2-5-18(10-17)23(25,26)27)21-12-22(29-15-28-21)32-20-7-3-6-19(24)11-20/h2-7,10-12,15-16H,8-9,13-14H2,1H3/t16-/m0/s1. The van der Waals surface area contributed by atoms with E-state index in [0.29, 0.717) is 49.2 Å². The van der Waals surface area contributed by atoms with Crippen LogP contribution in [0.2, 0.25) is 0 Å². The highest BCUT2D eigenvalue weighted by Crippen LogP contribution is 2.30. The molecular formula is C23H22F4N4O. The number of piperazine rings is 1. The van der Waals surface area contributed by atoms with Crippen molar-refractivity contribution in [3.05, 3.63) is 77.9 Å². The van der Waals surface area contributed by atoms with Crippen LogP contribution in [0.3, 0.4) is 0 Å². The summed E-state index contributed by atoms with van der Waals surface area (Å²) in [6, 6.07) is 13.0. The second-order valence-corrected chi connectivity index (χ2v) is 7.74. The normalized spacial score (nSPS) is 17.4. The maximum Gasteiger partial charge on any atom is 0.416 e. The van der Waals surface area contributed by atoms with Gasteiger partial charge in [-0.05, 0) is 30.7 Å². The van der Waals surface area contributed by atoms with Crippen LogP contribution >= 0.6 is 0 Å². The third-order valence-electron chi connectivity index (χ3n) is 5.38. The number of hydrogen-bond donors (Lipinski definition) is 0. The molecule has 2 heterocycles. The number of rotatable bonds is 5. The average molecular weight is 446 g/mol. The molecule has 32 heavy (non-hydrogen) atoms. The molecule has 168 valence electrons. The number of ether oxygens (including phenoxy) is 1. The van der Waals surface area contributed by atoms with Gasteiger partial charge < -0.3 is 9.64 Å². The lowest BCUT2D eigenvalue weighted by Crippen LogP contribution is -2.51. The van der Waals surface area contributed by atoms with Crippen molar-refractivity contribution in [3.8, 4) is 11.6 Å². The lowest BCUT2D eigenvalue weighted by atomic mass is 10.1. The lowest BCUT2D eigenvalue weighted by Gasteiger charge is -2.40. The Morgan fingerprint density at radius 3 is 2.59 bits per heavy atom. The van der Waals surface area contributed by atoms with Crippen LogP contribution in [0.15, 0.2) is 60.9 Å². The molecule has 4 rings (SSSR count). The summed E-state index contributed by atoms with van der Waals surface area (Å²) < 4.78 is 58.0. The molecule has 0 unspecified atom stereocenters. The largest absolute Gasteiger partial charge is 0.439 e. The molecule has 9 heteroatoms. The second kappa shape index (κ2) is 9.12. The topological polar surface area (TPSA) is 41.5 Å². The quantitative estimate of drug-likeness (QED) is 0.508. The number of nitrogens with zero attached hydrogens (tertiary/aromatic N) is 4. The zero-order valence-electron chi connectivity index (χ0n) is 17.4. The van der Waals surface area contributed by atoms with E-state index in [1.165, 1.54) is 30.6 Å². The summed E-state index contributed by atoms with van der Waals surface area (Å²) in [4.78, 5) is 12.6. The molecule has 0 amide bonds. The van der Waals surface area contributed by atoms with Crippen LogP contribution in [-0.4, -0.2) is 40.5 Å². The fourth-order valence-electron chi connectivity index (χ4n) is 3.73. The van der Waals surface area contributed by atoms with Crippen molar-refractivity contribution in [2.24, 2.45) is 0 Å². The maximum atomic E-state index is 13.4. The monoisotopic (exact) mass is 446 g/mol. The Bertz CT molecular complexity index is 1080. The van der Waals surface area contributed by atoms with E-state index in [-0.39, 0.29) is 6.04 Å². The van der Waals surface area contributed by atoms with E-state index in [9.17, 15) is 17.6 Å². The Labute approximate surface area is 183 Å². The highest BCUT2D eigenvalue weighted by molar-refractivity contribution is 5.43.